The Bertz CT molecular complexity index is 931. The van der Waals surface area contributed by atoms with Gasteiger partial charge < -0.3 is 39.4 Å². The molecule has 10 atom stereocenters. The Labute approximate surface area is 245 Å². The molecule has 3 fully saturated rings. The number of carboxylic acids is 1. The average molecular weight is 581 g/mol. The molecule has 0 unspecified atom stereocenters. The van der Waals surface area contributed by atoms with Crippen molar-refractivity contribution in [2.24, 2.45) is 17.8 Å². The zero-order valence-corrected chi connectivity index (χ0v) is 25.9. The van der Waals surface area contributed by atoms with Crippen molar-refractivity contribution < 1.29 is 38.7 Å². The molecule has 0 aromatic carbocycles. The molecular formula is C31H52N2O8. The van der Waals surface area contributed by atoms with Gasteiger partial charge in [0, 0.05) is 45.0 Å². The summed E-state index contributed by atoms with van der Waals surface area (Å²) in [4.78, 5) is 26.2. The van der Waals surface area contributed by atoms with E-state index in [1.54, 1.807) is 18.9 Å². The van der Waals surface area contributed by atoms with E-state index in [1.165, 1.54) is 0 Å². The molecule has 0 saturated carbocycles. The number of aliphatic carboxylic acids is 1. The summed E-state index contributed by atoms with van der Waals surface area (Å²) >= 11 is 0. The highest BCUT2D eigenvalue weighted by Crippen LogP contribution is 2.47. The maximum absolute atomic E-state index is 13.0. The van der Waals surface area contributed by atoms with Gasteiger partial charge in [-0.1, -0.05) is 39.0 Å². The molecule has 0 bridgehead atoms. The van der Waals surface area contributed by atoms with E-state index in [1.807, 2.05) is 26.0 Å². The van der Waals surface area contributed by atoms with Gasteiger partial charge in [-0.05, 0) is 51.6 Å². The van der Waals surface area contributed by atoms with Crippen molar-refractivity contribution in [1.29, 1.82) is 0 Å². The number of hydrogen-bond acceptors (Lipinski definition) is 8. The summed E-state index contributed by atoms with van der Waals surface area (Å²) in [5.74, 6) is -0.740. The maximum Gasteiger partial charge on any atom is 0.410 e. The second-order valence-corrected chi connectivity index (χ2v) is 12.5. The molecule has 3 heterocycles. The van der Waals surface area contributed by atoms with Crippen LogP contribution in [0.2, 0.25) is 0 Å². The molecule has 10 nitrogen and oxygen atoms in total. The Morgan fingerprint density at radius 3 is 2.61 bits per heavy atom. The number of amides is 1. The number of allylic oxidation sites excluding steroid dienone is 3. The van der Waals surface area contributed by atoms with E-state index in [0.717, 1.165) is 31.5 Å². The zero-order valence-electron chi connectivity index (χ0n) is 25.9. The molecule has 3 N–H and O–H groups in total. The summed E-state index contributed by atoms with van der Waals surface area (Å²) in [5, 5.41) is 22.7. The fourth-order valence-corrected chi connectivity index (χ4v) is 6.60. The van der Waals surface area contributed by atoms with Crippen LogP contribution in [0.1, 0.15) is 67.2 Å². The number of hydrogen-bond donors (Lipinski definition) is 3. The van der Waals surface area contributed by atoms with Crippen LogP contribution in [0.3, 0.4) is 0 Å². The van der Waals surface area contributed by atoms with Gasteiger partial charge in [-0.15, -0.1) is 0 Å². The third-order valence-electron chi connectivity index (χ3n) is 8.81. The van der Waals surface area contributed by atoms with Gasteiger partial charge in [0.2, 0.25) is 0 Å². The molecule has 1 amide bonds. The smallest absolute Gasteiger partial charge is 0.410 e. The summed E-state index contributed by atoms with van der Waals surface area (Å²) in [6, 6.07) is 0. The first-order chi connectivity index (χ1) is 19.4. The second-order valence-electron chi connectivity index (χ2n) is 12.5. The van der Waals surface area contributed by atoms with Crippen molar-refractivity contribution in [2.45, 2.75) is 109 Å². The Balaban J connectivity index is 1.61. The van der Waals surface area contributed by atoms with Crippen LogP contribution in [-0.4, -0.2) is 103 Å². The first-order valence-electron chi connectivity index (χ1n) is 15.1. The molecule has 10 heteroatoms. The molecule has 0 spiro atoms. The van der Waals surface area contributed by atoms with Gasteiger partial charge >= 0.3 is 12.1 Å². The summed E-state index contributed by atoms with van der Waals surface area (Å²) in [7, 11) is 1.62. The first-order valence-corrected chi connectivity index (χ1v) is 15.1. The Morgan fingerprint density at radius 2 is 1.95 bits per heavy atom. The number of carbonyl (C=O) groups excluding carboxylic acids is 1. The van der Waals surface area contributed by atoms with Crippen LogP contribution in [0, 0.1) is 17.8 Å². The van der Waals surface area contributed by atoms with E-state index >= 15 is 0 Å². The molecule has 0 aromatic heterocycles. The van der Waals surface area contributed by atoms with Crippen LogP contribution in [0.25, 0.3) is 0 Å². The molecule has 3 saturated heterocycles. The number of aliphatic hydroxyl groups excluding tert-OH is 1. The minimum Gasteiger partial charge on any atom is -0.481 e. The van der Waals surface area contributed by atoms with Crippen LogP contribution >= 0.6 is 0 Å². The standard InChI is InChI=1S/C31H52N2O8/c1-19(18-31(6)29(41-31)22(4)28(38-7)23(5)34)10-8-11-20(2)27-21(3)25(16-24(39-27)17-26(35)36)40-30(37)33-14-9-12-32-13-15-33/h8,10-11,19,21-25,27-29,32,34H,9,12-18H2,1-7H3,(H,35,36)/b10-8+,20-11+/t19-,21+,22-,23-,24-,25-,27-,28-,29-,31-/m1/s1. The van der Waals surface area contributed by atoms with Gasteiger partial charge in [-0.25, -0.2) is 4.79 Å². The number of ether oxygens (including phenoxy) is 4. The van der Waals surface area contributed by atoms with E-state index in [-0.39, 0.29) is 54.2 Å². The van der Waals surface area contributed by atoms with Crippen LogP contribution in [-0.2, 0) is 23.7 Å². The van der Waals surface area contributed by atoms with Crippen LogP contribution in [0.4, 0.5) is 4.79 Å². The topological polar surface area (TPSA) is 130 Å². The Kier molecular flexibility index (Phi) is 12.2. The van der Waals surface area contributed by atoms with Crippen molar-refractivity contribution in [2.75, 3.05) is 33.3 Å². The van der Waals surface area contributed by atoms with Gasteiger partial charge in [0.15, 0.2) is 0 Å². The molecule has 0 aromatic rings. The predicted molar refractivity (Wildman–Crippen MR) is 156 cm³/mol. The highest BCUT2D eigenvalue weighted by atomic mass is 16.6. The average Bonchev–Trinajstić information content (AvgIpc) is 3.63. The quantitative estimate of drug-likeness (QED) is 0.233. The number of methoxy groups -OCH3 is 1. The lowest BCUT2D eigenvalue weighted by molar-refractivity contribution is -0.151. The molecule has 3 aliphatic rings. The number of rotatable bonds is 12. The number of aliphatic hydroxyl groups is 1. The van der Waals surface area contributed by atoms with Gasteiger partial charge in [-0.2, -0.15) is 0 Å². The molecule has 234 valence electrons. The van der Waals surface area contributed by atoms with E-state index < -0.39 is 24.3 Å². The van der Waals surface area contributed by atoms with E-state index in [0.29, 0.717) is 19.5 Å². The van der Waals surface area contributed by atoms with Gasteiger partial charge in [0.05, 0.1) is 42.5 Å². The van der Waals surface area contributed by atoms with Crippen LogP contribution < -0.4 is 5.32 Å². The third-order valence-corrected chi connectivity index (χ3v) is 8.81. The van der Waals surface area contributed by atoms with Crippen LogP contribution in [0.15, 0.2) is 23.8 Å². The zero-order chi connectivity index (χ0) is 30.3. The minimum absolute atomic E-state index is 0.0306. The fraction of sp³-hybridized carbons (Fsp3) is 0.806. The summed E-state index contributed by atoms with van der Waals surface area (Å²) in [5.41, 5.74) is 0.690. The number of nitrogens with one attached hydrogen (secondary N) is 1. The van der Waals surface area contributed by atoms with Crippen molar-refractivity contribution in [3.63, 3.8) is 0 Å². The third kappa shape index (κ3) is 9.25. The van der Waals surface area contributed by atoms with Crippen molar-refractivity contribution in [3.05, 3.63) is 23.8 Å². The number of carbonyl (C=O) groups is 2. The maximum atomic E-state index is 13.0. The van der Waals surface area contributed by atoms with Crippen molar-refractivity contribution in [1.82, 2.24) is 10.2 Å². The summed E-state index contributed by atoms with van der Waals surface area (Å²) < 4.78 is 23.8. The number of carboxylic acid groups (broad SMARTS) is 1. The fourth-order valence-electron chi connectivity index (χ4n) is 6.60. The monoisotopic (exact) mass is 580 g/mol. The Hall–Kier alpha value is -1.98. The predicted octanol–water partition coefficient (Wildman–Crippen LogP) is 3.77. The number of epoxide rings is 1. The van der Waals surface area contributed by atoms with Gasteiger partial charge in [-0.3, -0.25) is 4.79 Å². The SMILES string of the molecule is CO[C@H]([C@@H](C)[C@H]1O[C@]1(C)C[C@H](C)/C=C/C=C(\C)[C@H]1O[C@@H](CC(=O)O)C[C@@H](OC(=O)N2CCCNCC2)[C@@H]1C)[C@@H](C)O. The lowest BCUT2D eigenvalue weighted by Gasteiger charge is -2.40. The molecule has 3 aliphatic heterocycles. The number of nitrogens with zero attached hydrogens (tertiary/aromatic N) is 1. The molecule has 0 aliphatic carbocycles. The van der Waals surface area contributed by atoms with Crippen molar-refractivity contribution in [3.8, 4) is 0 Å². The highest BCUT2D eigenvalue weighted by Gasteiger charge is 2.56. The normalized spacial score (nSPS) is 34.0. The Morgan fingerprint density at radius 1 is 1.22 bits per heavy atom. The lowest BCUT2D eigenvalue weighted by atomic mass is 9.85. The molecule has 3 rings (SSSR count). The molecular weight excluding hydrogens is 528 g/mol. The second kappa shape index (κ2) is 15.0. The van der Waals surface area contributed by atoms with Crippen molar-refractivity contribution >= 4 is 12.1 Å². The molecule has 0 radical (unpaired) electrons. The summed E-state index contributed by atoms with van der Waals surface area (Å²) in [6.45, 7) is 14.9. The van der Waals surface area contributed by atoms with Gasteiger partial charge in [0.25, 0.3) is 0 Å². The highest BCUT2D eigenvalue weighted by molar-refractivity contribution is 5.68. The first kappa shape index (κ1) is 33.5. The largest absolute Gasteiger partial charge is 0.481 e. The van der Waals surface area contributed by atoms with E-state index in [2.05, 4.69) is 32.2 Å². The van der Waals surface area contributed by atoms with Gasteiger partial charge in [0.1, 0.15) is 6.10 Å². The summed E-state index contributed by atoms with van der Waals surface area (Å²) in [6.07, 6.45) is 5.60. The van der Waals surface area contributed by atoms with E-state index in [4.69, 9.17) is 18.9 Å². The lowest BCUT2D eigenvalue weighted by Crippen LogP contribution is -2.48. The minimum atomic E-state index is -0.934. The molecule has 41 heavy (non-hydrogen) atoms. The van der Waals surface area contributed by atoms with Crippen LogP contribution in [0.5, 0.6) is 0 Å². The van der Waals surface area contributed by atoms with E-state index in [9.17, 15) is 19.8 Å².